The Morgan fingerprint density at radius 1 is 1.65 bits per heavy atom. The molecule has 0 aromatic carbocycles. The first-order valence-electron chi connectivity index (χ1n) is 5.94. The lowest BCUT2D eigenvalue weighted by atomic mass is 10.2. The van der Waals surface area contributed by atoms with Crippen LogP contribution in [0, 0.1) is 0 Å². The fraction of sp³-hybridized carbons (Fsp3) is 0.231. The maximum absolute atomic E-state index is 12.3. The molecular weight excluding hydrogens is 296 g/mol. The fourth-order valence-electron chi connectivity index (χ4n) is 1.83. The van der Waals surface area contributed by atoms with Gasteiger partial charge in [0.1, 0.15) is 10.4 Å². The average molecular weight is 308 g/mol. The molecule has 1 aliphatic heterocycles. The van der Waals surface area contributed by atoms with Crippen LogP contribution in [-0.2, 0) is 9.59 Å². The third-order valence-electron chi connectivity index (χ3n) is 2.79. The van der Waals surface area contributed by atoms with Crippen molar-refractivity contribution in [2.75, 3.05) is 0 Å². The molecule has 0 spiro atoms. The molecule has 0 aliphatic carbocycles. The predicted molar refractivity (Wildman–Crippen MR) is 81.0 cm³/mol. The van der Waals surface area contributed by atoms with Crippen molar-refractivity contribution >= 4 is 46.3 Å². The van der Waals surface area contributed by atoms with Crippen LogP contribution < -0.4 is 0 Å². The minimum Gasteiger partial charge on any atom is -0.480 e. The minimum absolute atomic E-state index is 0.277. The average Bonchev–Trinajstić information content (AvgIpc) is 2.68. The summed E-state index contributed by atoms with van der Waals surface area (Å²) in [5.41, 5.74) is 0.774. The Morgan fingerprint density at radius 3 is 2.95 bits per heavy atom. The van der Waals surface area contributed by atoms with E-state index in [4.69, 9.17) is 17.3 Å². The monoisotopic (exact) mass is 308 g/mol. The van der Waals surface area contributed by atoms with Gasteiger partial charge in [-0.25, -0.2) is 4.79 Å². The van der Waals surface area contributed by atoms with E-state index in [0.717, 1.165) is 17.3 Å². The summed E-state index contributed by atoms with van der Waals surface area (Å²) in [6, 6.07) is 2.66. The Bertz CT molecular complexity index is 587. The largest absolute Gasteiger partial charge is 0.480 e. The first-order chi connectivity index (χ1) is 9.54. The number of thiocarbonyl (C=S) groups is 1. The molecule has 2 rings (SSSR count). The number of pyridine rings is 1. The highest BCUT2D eigenvalue weighted by molar-refractivity contribution is 8.26. The van der Waals surface area contributed by atoms with Crippen LogP contribution >= 0.6 is 24.0 Å². The number of carbonyl (C=O) groups is 2. The summed E-state index contributed by atoms with van der Waals surface area (Å²) in [6.45, 7) is 1.71. The number of aromatic nitrogens is 1. The van der Waals surface area contributed by atoms with Crippen molar-refractivity contribution in [2.45, 2.75) is 19.4 Å². The molecule has 0 radical (unpaired) electrons. The van der Waals surface area contributed by atoms with Gasteiger partial charge in [0.05, 0.1) is 4.91 Å². The molecule has 7 heteroatoms. The lowest BCUT2D eigenvalue weighted by Gasteiger charge is -2.21. The van der Waals surface area contributed by atoms with E-state index in [2.05, 4.69) is 4.98 Å². The van der Waals surface area contributed by atoms with Gasteiger partial charge in [-0.2, -0.15) is 0 Å². The number of nitrogens with zero attached hydrogens (tertiary/aromatic N) is 2. The lowest BCUT2D eigenvalue weighted by molar-refractivity contribution is -0.145. The molecule has 2 heterocycles. The number of amides is 1. The van der Waals surface area contributed by atoms with E-state index in [0.29, 0.717) is 11.3 Å². The van der Waals surface area contributed by atoms with Gasteiger partial charge in [0, 0.05) is 12.4 Å². The third-order valence-corrected chi connectivity index (χ3v) is 4.12. The van der Waals surface area contributed by atoms with Crippen molar-refractivity contribution in [1.82, 2.24) is 9.88 Å². The van der Waals surface area contributed by atoms with Gasteiger partial charge in [0.2, 0.25) is 0 Å². The Balaban J connectivity index is 2.29. The number of carboxylic acids is 1. The molecule has 1 amide bonds. The highest BCUT2D eigenvalue weighted by Gasteiger charge is 2.39. The normalized spacial score (nSPS) is 18.6. The molecule has 5 nitrogen and oxygen atoms in total. The summed E-state index contributed by atoms with van der Waals surface area (Å²) in [5, 5.41) is 9.15. The quantitative estimate of drug-likeness (QED) is 0.679. The zero-order chi connectivity index (χ0) is 14.7. The number of carbonyl (C=O) groups excluding carboxylic acids is 1. The zero-order valence-corrected chi connectivity index (χ0v) is 12.3. The number of hydrogen-bond acceptors (Lipinski definition) is 5. The van der Waals surface area contributed by atoms with Crippen molar-refractivity contribution < 1.29 is 14.7 Å². The summed E-state index contributed by atoms with van der Waals surface area (Å²) in [6.07, 6.45) is 5.24. The number of aliphatic carboxylic acids is 1. The SMILES string of the molecule is CCC(C(=O)O)N1C(=O)/C(=C/c2cccnc2)SC1=S. The summed E-state index contributed by atoms with van der Waals surface area (Å²) in [7, 11) is 0. The molecular formula is C13H12N2O3S2. The Hall–Kier alpha value is -1.73. The zero-order valence-electron chi connectivity index (χ0n) is 10.6. The van der Waals surface area contributed by atoms with Crippen LogP contribution in [-0.4, -0.2) is 37.2 Å². The van der Waals surface area contributed by atoms with Gasteiger partial charge in [-0.3, -0.25) is 14.7 Å². The van der Waals surface area contributed by atoms with Crippen molar-refractivity contribution in [2.24, 2.45) is 0 Å². The summed E-state index contributed by atoms with van der Waals surface area (Å²) in [4.78, 5) is 29.0. The maximum atomic E-state index is 12.3. The molecule has 0 bridgehead atoms. The number of hydrogen-bond donors (Lipinski definition) is 1. The predicted octanol–water partition coefficient (Wildman–Crippen LogP) is 2.15. The van der Waals surface area contributed by atoms with Gasteiger partial charge in [-0.15, -0.1) is 0 Å². The standard InChI is InChI=1S/C13H12N2O3S2/c1-2-9(12(17)18)15-11(16)10(20-13(15)19)6-8-4-3-5-14-7-8/h3-7,9H,2H2,1H3,(H,17,18)/b10-6-. The molecule has 1 aromatic rings. The molecule has 1 N–H and O–H groups in total. The lowest BCUT2D eigenvalue weighted by Crippen LogP contribution is -2.43. The van der Waals surface area contributed by atoms with Crippen LogP contribution in [0.3, 0.4) is 0 Å². The third kappa shape index (κ3) is 2.88. The first kappa shape index (κ1) is 14.7. The highest BCUT2D eigenvalue weighted by Crippen LogP contribution is 2.34. The second kappa shape index (κ2) is 6.15. The molecule has 1 aliphatic rings. The van der Waals surface area contributed by atoms with E-state index >= 15 is 0 Å². The number of carboxylic acid groups (broad SMARTS) is 1. The van der Waals surface area contributed by atoms with Crippen LogP contribution in [0.1, 0.15) is 18.9 Å². The second-order valence-corrected chi connectivity index (χ2v) is 5.78. The molecule has 1 fully saturated rings. The van der Waals surface area contributed by atoms with E-state index in [1.54, 1.807) is 31.5 Å². The summed E-state index contributed by atoms with van der Waals surface area (Å²) < 4.78 is 0.277. The van der Waals surface area contributed by atoms with Crippen LogP contribution in [0.5, 0.6) is 0 Å². The molecule has 0 saturated carbocycles. The van der Waals surface area contributed by atoms with E-state index in [-0.39, 0.29) is 10.2 Å². The van der Waals surface area contributed by atoms with Crippen LogP contribution in [0.4, 0.5) is 0 Å². The molecule has 1 unspecified atom stereocenters. The van der Waals surface area contributed by atoms with E-state index in [9.17, 15) is 9.59 Å². The van der Waals surface area contributed by atoms with Crippen molar-refractivity contribution in [3.05, 3.63) is 35.0 Å². The van der Waals surface area contributed by atoms with E-state index in [1.807, 2.05) is 6.07 Å². The van der Waals surface area contributed by atoms with Crippen LogP contribution in [0.15, 0.2) is 29.4 Å². The molecule has 104 valence electrons. The summed E-state index contributed by atoms with van der Waals surface area (Å²) in [5.74, 6) is -1.41. The highest BCUT2D eigenvalue weighted by atomic mass is 32.2. The van der Waals surface area contributed by atoms with Crippen molar-refractivity contribution in [1.29, 1.82) is 0 Å². The number of thioether (sulfide) groups is 1. The van der Waals surface area contributed by atoms with Gasteiger partial charge in [0.15, 0.2) is 0 Å². The van der Waals surface area contributed by atoms with Crippen molar-refractivity contribution in [3.8, 4) is 0 Å². The van der Waals surface area contributed by atoms with Gasteiger partial charge in [-0.1, -0.05) is 37.0 Å². The van der Waals surface area contributed by atoms with E-state index < -0.39 is 12.0 Å². The Morgan fingerprint density at radius 2 is 2.40 bits per heavy atom. The van der Waals surface area contributed by atoms with Crippen LogP contribution in [0.2, 0.25) is 0 Å². The topological polar surface area (TPSA) is 70.5 Å². The smallest absolute Gasteiger partial charge is 0.326 e. The molecule has 1 aromatic heterocycles. The first-order valence-corrected chi connectivity index (χ1v) is 7.17. The minimum atomic E-state index is -1.05. The van der Waals surface area contributed by atoms with Gasteiger partial charge in [0.25, 0.3) is 5.91 Å². The van der Waals surface area contributed by atoms with E-state index in [1.165, 1.54) is 4.90 Å². The maximum Gasteiger partial charge on any atom is 0.326 e. The fourth-order valence-corrected chi connectivity index (χ4v) is 3.19. The summed E-state index contributed by atoms with van der Waals surface area (Å²) >= 11 is 6.24. The Labute approximate surface area is 125 Å². The number of rotatable bonds is 4. The van der Waals surface area contributed by atoms with Gasteiger partial charge >= 0.3 is 5.97 Å². The van der Waals surface area contributed by atoms with Gasteiger partial charge < -0.3 is 5.11 Å². The molecule has 1 atom stereocenters. The van der Waals surface area contributed by atoms with Crippen molar-refractivity contribution in [3.63, 3.8) is 0 Å². The van der Waals surface area contributed by atoms with Crippen LogP contribution in [0.25, 0.3) is 6.08 Å². The Kier molecular flexibility index (Phi) is 4.51. The second-order valence-electron chi connectivity index (χ2n) is 4.10. The molecule has 20 heavy (non-hydrogen) atoms. The van der Waals surface area contributed by atoms with Gasteiger partial charge in [-0.05, 0) is 24.1 Å². The molecule has 1 saturated heterocycles.